The van der Waals surface area contributed by atoms with Gasteiger partial charge in [0.15, 0.2) is 0 Å². The highest BCUT2D eigenvalue weighted by atomic mass is 35.5. The number of nitrogens with zero attached hydrogens (tertiary/aromatic N) is 2. The van der Waals surface area contributed by atoms with Gasteiger partial charge in [-0.25, -0.2) is 8.42 Å². The molecular weight excluding hydrogens is 501 g/mol. The zero-order valence-corrected chi connectivity index (χ0v) is 21.9. The quantitative estimate of drug-likeness (QED) is 0.478. The zero-order chi connectivity index (χ0) is 25.5. The minimum Gasteiger partial charge on any atom is -0.495 e. The topological polar surface area (TPSA) is 96.0 Å². The largest absolute Gasteiger partial charge is 0.495 e. The van der Waals surface area contributed by atoms with E-state index in [1.807, 2.05) is 6.92 Å². The molecule has 0 bridgehead atoms. The number of amides is 2. The Bertz CT molecular complexity index is 1130. The summed E-state index contributed by atoms with van der Waals surface area (Å²) in [6.07, 6.45) is 1.73. The third-order valence-corrected chi connectivity index (χ3v) is 6.92. The van der Waals surface area contributed by atoms with E-state index in [2.05, 4.69) is 5.32 Å². The molecule has 0 aliphatic heterocycles. The van der Waals surface area contributed by atoms with Crippen molar-refractivity contribution < 1.29 is 22.7 Å². The van der Waals surface area contributed by atoms with Gasteiger partial charge in [-0.3, -0.25) is 13.9 Å². The van der Waals surface area contributed by atoms with Crippen LogP contribution >= 0.6 is 23.2 Å². The Labute approximate surface area is 210 Å². The smallest absolute Gasteiger partial charge is 0.244 e. The number of benzene rings is 2. The summed E-state index contributed by atoms with van der Waals surface area (Å²) in [7, 11) is -2.42. The molecule has 2 rings (SSSR count). The molecule has 0 aromatic heterocycles. The Hall–Kier alpha value is -2.49. The van der Waals surface area contributed by atoms with Crippen molar-refractivity contribution in [1.82, 2.24) is 10.2 Å². The number of sulfonamides is 1. The summed E-state index contributed by atoms with van der Waals surface area (Å²) in [5.41, 5.74) is 0.827. The van der Waals surface area contributed by atoms with Crippen LogP contribution in [-0.2, 0) is 26.2 Å². The molecule has 0 saturated heterocycles. The third-order valence-electron chi connectivity index (χ3n) is 5.12. The molecule has 2 aromatic rings. The normalized spacial score (nSPS) is 12.1. The molecular formula is C23H29Cl2N3O5S. The second-order valence-corrected chi connectivity index (χ2v) is 10.4. The molecule has 0 spiro atoms. The van der Waals surface area contributed by atoms with Crippen LogP contribution in [0.4, 0.5) is 5.69 Å². The summed E-state index contributed by atoms with van der Waals surface area (Å²) in [5.74, 6) is -0.552. The number of hydrogen-bond donors (Lipinski definition) is 1. The van der Waals surface area contributed by atoms with Crippen LogP contribution in [0, 0.1) is 0 Å². The maximum Gasteiger partial charge on any atom is 0.244 e. The standard InChI is InChI=1S/C23H29Cl2N3O5S/c1-5-12-26-23(30)16(2)27(14-17-8-6-7-9-19(17)24)22(29)15-28(34(4,31)32)18-10-11-21(33-3)20(25)13-18/h6-11,13,16H,5,12,14-15H2,1-4H3,(H,26,30)/t16-/m0/s1. The summed E-state index contributed by atoms with van der Waals surface area (Å²) in [6.45, 7) is 3.46. The Morgan fingerprint density at radius 1 is 1.12 bits per heavy atom. The van der Waals surface area contributed by atoms with Gasteiger partial charge in [0, 0.05) is 18.1 Å². The second-order valence-electron chi connectivity index (χ2n) is 7.67. The molecule has 8 nitrogen and oxygen atoms in total. The Morgan fingerprint density at radius 2 is 1.79 bits per heavy atom. The van der Waals surface area contributed by atoms with Crippen molar-refractivity contribution in [1.29, 1.82) is 0 Å². The van der Waals surface area contributed by atoms with Gasteiger partial charge < -0.3 is 15.0 Å². The first-order valence-corrected chi connectivity index (χ1v) is 13.2. The highest BCUT2D eigenvalue weighted by Crippen LogP contribution is 2.30. The lowest BCUT2D eigenvalue weighted by atomic mass is 10.1. The van der Waals surface area contributed by atoms with Crippen LogP contribution in [0.25, 0.3) is 0 Å². The molecule has 1 N–H and O–H groups in total. The number of carbonyl (C=O) groups excluding carboxylic acids is 2. The van der Waals surface area contributed by atoms with Gasteiger partial charge in [-0.15, -0.1) is 0 Å². The van der Waals surface area contributed by atoms with Crippen LogP contribution in [0.1, 0.15) is 25.8 Å². The van der Waals surface area contributed by atoms with Gasteiger partial charge in [-0.05, 0) is 43.2 Å². The molecule has 0 unspecified atom stereocenters. The molecule has 0 fully saturated rings. The van der Waals surface area contributed by atoms with E-state index < -0.39 is 28.5 Å². The highest BCUT2D eigenvalue weighted by Gasteiger charge is 2.30. The summed E-state index contributed by atoms with van der Waals surface area (Å²) >= 11 is 12.5. The van der Waals surface area contributed by atoms with Crippen LogP contribution in [-0.4, -0.2) is 57.6 Å². The fraction of sp³-hybridized carbons (Fsp3) is 0.391. The van der Waals surface area contributed by atoms with E-state index in [0.717, 1.165) is 17.0 Å². The van der Waals surface area contributed by atoms with E-state index in [1.54, 1.807) is 31.2 Å². The number of methoxy groups -OCH3 is 1. The summed E-state index contributed by atoms with van der Waals surface area (Å²) in [4.78, 5) is 27.5. The summed E-state index contributed by atoms with van der Waals surface area (Å²) < 4.78 is 31.2. The number of hydrogen-bond acceptors (Lipinski definition) is 5. The van der Waals surface area contributed by atoms with Gasteiger partial charge in [0.2, 0.25) is 21.8 Å². The molecule has 11 heteroatoms. The van der Waals surface area contributed by atoms with Crippen LogP contribution in [0.3, 0.4) is 0 Å². The van der Waals surface area contributed by atoms with Gasteiger partial charge in [0.25, 0.3) is 0 Å². The van der Waals surface area contributed by atoms with E-state index in [1.165, 1.54) is 30.2 Å². The van der Waals surface area contributed by atoms with Crippen LogP contribution in [0.5, 0.6) is 5.75 Å². The monoisotopic (exact) mass is 529 g/mol. The molecule has 0 heterocycles. The van der Waals surface area contributed by atoms with Gasteiger partial charge >= 0.3 is 0 Å². The number of halogens is 2. The van der Waals surface area contributed by atoms with Crippen molar-refractivity contribution >= 4 is 50.7 Å². The average Bonchev–Trinajstić information content (AvgIpc) is 2.79. The lowest BCUT2D eigenvalue weighted by Crippen LogP contribution is -2.51. The molecule has 2 aromatic carbocycles. The van der Waals surface area contributed by atoms with Gasteiger partial charge in [0.1, 0.15) is 18.3 Å². The molecule has 1 atom stereocenters. The van der Waals surface area contributed by atoms with Crippen molar-refractivity contribution in [2.45, 2.75) is 32.9 Å². The predicted octanol–water partition coefficient (Wildman–Crippen LogP) is 3.71. The molecule has 34 heavy (non-hydrogen) atoms. The van der Waals surface area contributed by atoms with Crippen molar-refractivity contribution in [3.8, 4) is 5.75 Å². The maximum atomic E-state index is 13.5. The van der Waals surface area contributed by atoms with E-state index in [9.17, 15) is 18.0 Å². The lowest BCUT2D eigenvalue weighted by Gasteiger charge is -2.31. The van der Waals surface area contributed by atoms with Crippen molar-refractivity contribution in [3.05, 3.63) is 58.1 Å². The van der Waals surface area contributed by atoms with E-state index >= 15 is 0 Å². The first kappa shape index (κ1) is 27.8. The van der Waals surface area contributed by atoms with Gasteiger partial charge in [0.05, 0.1) is 24.1 Å². The second kappa shape index (κ2) is 12.3. The van der Waals surface area contributed by atoms with Crippen LogP contribution in [0.2, 0.25) is 10.0 Å². The SMILES string of the molecule is CCCNC(=O)[C@H](C)N(Cc1ccccc1Cl)C(=O)CN(c1ccc(OC)c(Cl)c1)S(C)(=O)=O. The first-order chi connectivity index (χ1) is 16.0. The molecule has 0 aliphatic rings. The molecule has 0 saturated carbocycles. The predicted molar refractivity (Wildman–Crippen MR) is 135 cm³/mol. The highest BCUT2D eigenvalue weighted by molar-refractivity contribution is 7.92. The minimum absolute atomic E-state index is 0.0280. The van der Waals surface area contributed by atoms with Gasteiger partial charge in [-0.2, -0.15) is 0 Å². The molecule has 0 radical (unpaired) electrons. The zero-order valence-electron chi connectivity index (χ0n) is 19.5. The third kappa shape index (κ3) is 7.25. The first-order valence-electron chi connectivity index (χ1n) is 10.6. The number of carbonyl (C=O) groups is 2. The molecule has 186 valence electrons. The molecule has 0 aliphatic carbocycles. The van der Waals surface area contributed by atoms with E-state index in [-0.39, 0.29) is 23.2 Å². The number of ether oxygens (including phenoxy) is 1. The number of rotatable bonds is 11. The Morgan fingerprint density at radius 3 is 2.35 bits per heavy atom. The Balaban J connectivity index is 2.41. The van der Waals surface area contributed by atoms with Crippen molar-refractivity contribution in [2.75, 3.05) is 30.8 Å². The van der Waals surface area contributed by atoms with Crippen LogP contribution in [0.15, 0.2) is 42.5 Å². The maximum absolute atomic E-state index is 13.5. The van der Waals surface area contributed by atoms with Crippen molar-refractivity contribution in [3.63, 3.8) is 0 Å². The van der Waals surface area contributed by atoms with Crippen LogP contribution < -0.4 is 14.4 Å². The van der Waals surface area contributed by atoms with E-state index in [0.29, 0.717) is 22.9 Å². The average molecular weight is 530 g/mol. The molecule has 2 amide bonds. The number of nitrogens with one attached hydrogen (secondary N) is 1. The van der Waals surface area contributed by atoms with Gasteiger partial charge in [-0.1, -0.05) is 48.3 Å². The lowest BCUT2D eigenvalue weighted by molar-refractivity contribution is -0.139. The summed E-state index contributed by atoms with van der Waals surface area (Å²) in [5, 5.41) is 3.40. The van der Waals surface area contributed by atoms with Crippen molar-refractivity contribution in [2.24, 2.45) is 0 Å². The van der Waals surface area contributed by atoms with E-state index in [4.69, 9.17) is 27.9 Å². The minimum atomic E-state index is -3.86. The summed E-state index contributed by atoms with van der Waals surface area (Å²) in [6, 6.07) is 10.5. The fourth-order valence-corrected chi connectivity index (χ4v) is 4.50. The Kier molecular flexibility index (Phi) is 10.0. The number of anilines is 1. The fourth-order valence-electron chi connectivity index (χ4n) is 3.21.